The van der Waals surface area contributed by atoms with Crippen LogP contribution in [0, 0.1) is 5.82 Å². The highest BCUT2D eigenvalue weighted by atomic mass is 35.5. The van der Waals surface area contributed by atoms with E-state index in [2.05, 4.69) is 0 Å². The van der Waals surface area contributed by atoms with Crippen LogP contribution in [0.4, 0.5) is 10.1 Å². The summed E-state index contributed by atoms with van der Waals surface area (Å²) in [7, 11) is 0. The predicted octanol–water partition coefficient (Wildman–Crippen LogP) is 3.97. The maximum Gasteiger partial charge on any atom is 0.341 e. The molecule has 3 heterocycles. The van der Waals surface area contributed by atoms with Gasteiger partial charge in [0.15, 0.2) is 11.6 Å². The average molecular weight is 415 g/mol. The summed E-state index contributed by atoms with van der Waals surface area (Å²) in [6.07, 6.45) is 1.32. The third kappa shape index (κ3) is 2.54. The predicted molar refractivity (Wildman–Crippen MR) is 107 cm³/mol. The molecular weight excluding hydrogens is 399 g/mol. The number of carboxylic acid groups (broad SMARTS) is 1. The van der Waals surface area contributed by atoms with Crippen molar-refractivity contribution in [2.75, 3.05) is 11.5 Å². The lowest BCUT2D eigenvalue weighted by atomic mass is 10.1. The second-order valence-corrected chi connectivity index (χ2v) is 7.82. The number of benzene rings is 2. The van der Waals surface area contributed by atoms with Gasteiger partial charge in [0.2, 0.25) is 5.43 Å². The monoisotopic (exact) mass is 414 g/mol. The lowest BCUT2D eigenvalue weighted by Gasteiger charge is -2.31. The molecule has 3 aromatic rings. The van der Waals surface area contributed by atoms with Gasteiger partial charge in [-0.25, -0.2) is 9.18 Å². The molecule has 0 radical (unpaired) electrons. The Bertz CT molecular complexity index is 1270. The highest BCUT2D eigenvalue weighted by Gasteiger charge is 2.32. The number of fused-ring (bicyclic) bond motifs is 1. The van der Waals surface area contributed by atoms with Crippen LogP contribution in [0.2, 0.25) is 5.02 Å². The summed E-state index contributed by atoms with van der Waals surface area (Å²) in [5, 5.41) is 10.0. The standard InChI is InChI=1S/C21H16ClFN2O4/c1-10-9-29-20-17-12(19(26)14(21(27)28)8-25(10)17)5-16(23)18(20)24-6-11-3-2-4-15(22)13(11)7-24/h2-5,8,10H,6-7,9H2,1H3,(H,27,28). The van der Waals surface area contributed by atoms with Crippen molar-refractivity contribution < 1.29 is 19.0 Å². The summed E-state index contributed by atoms with van der Waals surface area (Å²) in [6.45, 7) is 2.97. The van der Waals surface area contributed by atoms with Crippen molar-refractivity contribution in [3.05, 3.63) is 68.2 Å². The molecule has 2 aliphatic rings. The zero-order valence-corrected chi connectivity index (χ0v) is 16.2. The van der Waals surface area contributed by atoms with Gasteiger partial charge in [0.25, 0.3) is 0 Å². The number of carbonyl (C=O) groups is 1. The molecule has 6 nitrogen and oxygen atoms in total. The molecule has 29 heavy (non-hydrogen) atoms. The normalized spacial score (nSPS) is 17.3. The molecule has 8 heteroatoms. The summed E-state index contributed by atoms with van der Waals surface area (Å²) >= 11 is 6.30. The van der Waals surface area contributed by atoms with Crippen molar-refractivity contribution in [2.24, 2.45) is 0 Å². The van der Waals surface area contributed by atoms with E-state index in [-0.39, 0.29) is 35.0 Å². The number of halogens is 2. The number of hydrogen-bond donors (Lipinski definition) is 1. The van der Waals surface area contributed by atoms with Gasteiger partial charge in [-0.2, -0.15) is 0 Å². The van der Waals surface area contributed by atoms with E-state index in [0.717, 1.165) is 17.2 Å². The van der Waals surface area contributed by atoms with E-state index in [1.54, 1.807) is 10.6 Å². The van der Waals surface area contributed by atoms with Crippen LogP contribution in [0.3, 0.4) is 0 Å². The molecule has 0 bridgehead atoms. The minimum Gasteiger partial charge on any atom is -0.487 e. The molecule has 2 aromatic carbocycles. The molecule has 1 atom stereocenters. The largest absolute Gasteiger partial charge is 0.487 e. The van der Waals surface area contributed by atoms with Crippen molar-refractivity contribution in [2.45, 2.75) is 26.1 Å². The van der Waals surface area contributed by atoms with Crippen molar-refractivity contribution >= 4 is 34.2 Å². The maximum atomic E-state index is 15.3. The Labute approximate surface area is 169 Å². The number of ether oxygens (including phenoxy) is 1. The summed E-state index contributed by atoms with van der Waals surface area (Å²) in [5.41, 5.74) is 1.51. The maximum absolute atomic E-state index is 15.3. The zero-order valence-electron chi connectivity index (χ0n) is 15.4. The Hall–Kier alpha value is -3.06. The number of anilines is 1. The first-order valence-corrected chi connectivity index (χ1v) is 9.53. The Morgan fingerprint density at radius 3 is 2.86 bits per heavy atom. The molecule has 2 aliphatic heterocycles. The quantitative estimate of drug-likeness (QED) is 0.687. The molecular formula is C21H16ClFN2O4. The van der Waals surface area contributed by atoms with E-state index in [1.807, 2.05) is 24.0 Å². The second kappa shape index (κ2) is 6.22. The fraction of sp³-hybridized carbons (Fsp3) is 0.238. The first kappa shape index (κ1) is 18.0. The van der Waals surface area contributed by atoms with Gasteiger partial charge in [-0.3, -0.25) is 4.79 Å². The third-order valence-corrected chi connectivity index (χ3v) is 5.97. The van der Waals surface area contributed by atoms with Crippen LogP contribution in [0.5, 0.6) is 5.75 Å². The Balaban J connectivity index is 1.77. The van der Waals surface area contributed by atoms with Crippen molar-refractivity contribution in [3.8, 4) is 5.75 Å². The lowest BCUT2D eigenvalue weighted by Crippen LogP contribution is -2.28. The SMILES string of the molecule is CC1COc2c(N3Cc4cccc(Cl)c4C3)c(F)cc3c(=O)c(C(=O)O)cn1c23. The number of nitrogens with zero attached hydrogens (tertiary/aromatic N) is 2. The summed E-state index contributed by atoms with van der Waals surface area (Å²) in [5.74, 6) is -1.71. The van der Waals surface area contributed by atoms with Crippen molar-refractivity contribution in [1.82, 2.24) is 4.57 Å². The van der Waals surface area contributed by atoms with Gasteiger partial charge in [0.1, 0.15) is 17.9 Å². The van der Waals surface area contributed by atoms with E-state index in [9.17, 15) is 14.7 Å². The number of carboxylic acids is 1. The molecule has 1 N–H and O–H groups in total. The van der Waals surface area contributed by atoms with Crippen LogP contribution >= 0.6 is 11.6 Å². The summed E-state index contributed by atoms with van der Waals surface area (Å²) < 4.78 is 22.8. The van der Waals surface area contributed by atoms with Crippen LogP contribution < -0.4 is 15.1 Å². The van der Waals surface area contributed by atoms with Gasteiger partial charge in [-0.05, 0) is 30.2 Å². The first-order valence-electron chi connectivity index (χ1n) is 9.15. The Morgan fingerprint density at radius 2 is 2.14 bits per heavy atom. The number of pyridine rings is 1. The number of rotatable bonds is 2. The van der Waals surface area contributed by atoms with E-state index in [4.69, 9.17) is 16.3 Å². The fourth-order valence-electron chi connectivity index (χ4n) is 4.20. The highest BCUT2D eigenvalue weighted by Crippen LogP contribution is 2.44. The van der Waals surface area contributed by atoms with Crippen LogP contribution in [0.25, 0.3) is 10.9 Å². The molecule has 0 fully saturated rings. The Morgan fingerprint density at radius 1 is 1.34 bits per heavy atom. The minimum absolute atomic E-state index is 0.00226. The topological polar surface area (TPSA) is 71.8 Å². The van der Waals surface area contributed by atoms with Gasteiger partial charge in [-0.1, -0.05) is 23.7 Å². The number of aromatic carboxylic acids is 1. The molecule has 5 rings (SSSR count). The molecule has 0 spiro atoms. The van der Waals surface area contributed by atoms with E-state index < -0.39 is 17.2 Å². The van der Waals surface area contributed by atoms with Gasteiger partial charge < -0.3 is 19.3 Å². The van der Waals surface area contributed by atoms with Gasteiger partial charge in [0.05, 0.1) is 16.9 Å². The Kier molecular flexibility index (Phi) is 3.86. The van der Waals surface area contributed by atoms with Crippen LogP contribution in [0.15, 0.2) is 35.3 Å². The molecule has 1 unspecified atom stereocenters. The van der Waals surface area contributed by atoms with Gasteiger partial charge in [-0.15, -0.1) is 0 Å². The molecule has 148 valence electrons. The zero-order chi connectivity index (χ0) is 20.4. The smallest absolute Gasteiger partial charge is 0.341 e. The third-order valence-electron chi connectivity index (χ3n) is 5.61. The van der Waals surface area contributed by atoms with E-state index >= 15 is 4.39 Å². The highest BCUT2D eigenvalue weighted by molar-refractivity contribution is 6.31. The minimum atomic E-state index is -1.34. The molecule has 0 aliphatic carbocycles. The van der Waals surface area contributed by atoms with Crippen LogP contribution in [-0.4, -0.2) is 22.2 Å². The molecule has 0 saturated heterocycles. The molecule has 0 saturated carbocycles. The first-order chi connectivity index (χ1) is 13.9. The summed E-state index contributed by atoms with van der Waals surface area (Å²) in [6, 6.07) is 6.52. The van der Waals surface area contributed by atoms with Crippen molar-refractivity contribution in [1.29, 1.82) is 0 Å². The summed E-state index contributed by atoms with van der Waals surface area (Å²) in [4.78, 5) is 26.0. The van der Waals surface area contributed by atoms with Gasteiger partial charge in [0, 0.05) is 24.3 Å². The fourth-order valence-corrected chi connectivity index (χ4v) is 4.45. The van der Waals surface area contributed by atoms with Gasteiger partial charge >= 0.3 is 5.97 Å². The average Bonchev–Trinajstić information content (AvgIpc) is 3.10. The van der Waals surface area contributed by atoms with Crippen LogP contribution in [0.1, 0.15) is 34.5 Å². The molecule has 0 amide bonds. The van der Waals surface area contributed by atoms with E-state index in [1.165, 1.54) is 6.20 Å². The number of hydrogen-bond acceptors (Lipinski definition) is 4. The number of aromatic nitrogens is 1. The van der Waals surface area contributed by atoms with Crippen molar-refractivity contribution in [3.63, 3.8) is 0 Å². The lowest BCUT2D eigenvalue weighted by molar-refractivity contribution is 0.0694. The van der Waals surface area contributed by atoms with Crippen LogP contribution in [-0.2, 0) is 13.1 Å². The van der Waals surface area contributed by atoms with E-state index in [0.29, 0.717) is 23.6 Å². The molecule has 1 aromatic heterocycles. The second-order valence-electron chi connectivity index (χ2n) is 7.41.